The monoisotopic (exact) mass is 281 g/mol. The van der Waals surface area contributed by atoms with Gasteiger partial charge in [-0.25, -0.2) is 0 Å². The van der Waals surface area contributed by atoms with E-state index in [1.54, 1.807) is 0 Å². The number of carbonyl (C=O) groups is 1. The van der Waals surface area contributed by atoms with Gasteiger partial charge < -0.3 is 4.90 Å². The Morgan fingerprint density at radius 2 is 2.26 bits per heavy atom. The Morgan fingerprint density at radius 3 is 2.89 bits per heavy atom. The van der Waals surface area contributed by atoms with Gasteiger partial charge in [0.25, 0.3) is 0 Å². The molecule has 1 atom stereocenters. The van der Waals surface area contributed by atoms with Crippen LogP contribution in [0.15, 0.2) is 0 Å². The third kappa shape index (κ3) is 4.35. The first-order valence-corrected chi connectivity index (χ1v) is 7.91. The largest absolute Gasteiger partial charge is 0.301 e. The van der Waals surface area contributed by atoms with Crippen molar-refractivity contribution in [3.05, 3.63) is 10.0 Å². The summed E-state index contributed by atoms with van der Waals surface area (Å²) in [6.07, 6.45) is 3.56. The Morgan fingerprint density at radius 1 is 1.47 bits per heavy atom. The van der Waals surface area contributed by atoms with Crippen molar-refractivity contribution in [2.45, 2.75) is 52.5 Å². The molecular weight excluding hydrogens is 258 g/mol. The standard InChI is InChI=1S/C14H23N3OS/c1-10(2)17-6-4-5-12(9-17)7-13(18)8-14-16-15-11(3)19-14/h10,12H,4-9H2,1-3H3/t12-/m0/s1. The van der Waals surface area contributed by atoms with Crippen LogP contribution in [0.1, 0.15) is 43.1 Å². The van der Waals surface area contributed by atoms with Crippen molar-refractivity contribution in [1.29, 1.82) is 0 Å². The van der Waals surface area contributed by atoms with Gasteiger partial charge in [0.1, 0.15) is 15.8 Å². The van der Waals surface area contributed by atoms with Gasteiger partial charge in [-0.2, -0.15) is 0 Å². The van der Waals surface area contributed by atoms with E-state index in [-0.39, 0.29) is 0 Å². The summed E-state index contributed by atoms with van der Waals surface area (Å²) in [4.78, 5) is 14.6. The number of nitrogens with zero attached hydrogens (tertiary/aromatic N) is 3. The third-order valence-electron chi connectivity index (χ3n) is 3.71. The molecule has 0 radical (unpaired) electrons. The van der Waals surface area contributed by atoms with Crippen molar-refractivity contribution in [3.63, 3.8) is 0 Å². The van der Waals surface area contributed by atoms with Gasteiger partial charge in [-0.1, -0.05) is 0 Å². The highest BCUT2D eigenvalue weighted by molar-refractivity contribution is 7.11. The van der Waals surface area contributed by atoms with Crippen molar-refractivity contribution in [3.8, 4) is 0 Å². The van der Waals surface area contributed by atoms with Crippen LogP contribution in [-0.4, -0.2) is 40.0 Å². The Balaban J connectivity index is 1.81. The Hall–Kier alpha value is -0.810. The second kappa shape index (κ2) is 6.57. The van der Waals surface area contributed by atoms with Crippen molar-refractivity contribution < 1.29 is 4.79 Å². The van der Waals surface area contributed by atoms with E-state index in [4.69, 9.17) is 0 Å². The third-order valence-corrected chi connectivity index (χ3v) is 4.55. The van der Waals surface area contributed by atoms with Crippen molar-refractivity contribution in [1.82, 2.24) is 15.1 Å². The van der Waals surface area contributed by atoms with E-state index in [0.717, 1.165) is 16.6 Å². The molecule has 0 aliphatic carbocycles. The fourth-order valence-corrected chi connectivity index (χ4v) is 3.44. The van der Waals surface area contributed by atoms with Gasteiger partial charge in [-0.3, -0.25) is 4.79 Å². The number of rotatable bonds is 5. The Bertz CT molecular complexity index is 430. The molecule has 0 unspecified atom stereocenters. The maximum absolute atomic E-state index is 12.1. The van der Waals surface area contributed by atoms with E-state index < -0.39 is 0 Å². The van der Waals surface area contributed by atoms with Crippen molar-refractivity contribution in [2.75, 3.05) is 13.1 Å². The lowest BCUT2D eigenvalue weighted by atomic mass is 9.91. The quantitative estimate of drug-likeness (QED) is 0.832. The topological polar surface area (TPSA) is 46.1 Å². The summed E-state index contributed by atoms with van der Waals surface area (Å²) in [6.45, 7) is 8.63. The van der Waals surface area contributed by atoms with Gasteiger partial charge in [0.15, 0.2) is 0 Å². The SMILES string of the molecule is Cc1nnc(CC(=O)C[C@@H]2CCCN(C(C)C)C2)s1. The van der Waals surface area contributed by atoms with Crippen LogP contribution in [-0.2, 0) is 11.2 Å². The minimum atomic E-state index is 0.312. The van der Waals surface area contributed by atoms with Gasteiger partial charge in [-0.15, -0.1) is 21.5 Å². The highest BCUT2D eigenvalue weighted by Gasteiger charge is 2.23. The molecule has 1 aliphatic rings. The maximum atomic E-state index is 12.1. The first kappa shape index (κ1) is 14.6. The normalized spacial score (nSPS) is 20.9. The molecule has 2 heterocycles. The molecule has 1 fully saturated rings. The molecular formula is C14H23N3OS. The first-order chi connectivity index (χ1) is 9.04. The second-order valence-corrected chi connectivity index (χ2v) is 7.00. The highest BCUT2D eigenvalue weighted by atomic mass is 32.1. The lowest BCUT2D eigenvalue weighted by Gasteiger charge is -2.35. The van der Waals surface area contributed by atoms with Crippen LogP contribution in [0.25, 0.3) is 0 Å². The summed E-state index contributed by atoms with van der Waals surface area (Å²) in [5, 5.41) is 9.79. The number of likely N-dealkylation sites (tertiary alicyclic amines) is 1. The molecule has 4 nitrogen and oxygen atoms in total. The van der Waals surface area contributed by atoms with E-state index in [2.05, 4.69) is 28.9 Å². The molecule has 2 rings (SSSR count). The van der Waals surface area contributed by atoms with E-state index in [1.807, 2.05) is 6.92 Å². The fraction of sp³-hybridized carbons (Fsp3) is 0.786. The number of carbonyl (C=O) groups excluding carboxylic acids is 1. The summed E-state index contributed by atoms with van der Waals surface area (Å²) in [7, 11) is 0. The molecule has 0 amide bonds. The number of aromatic nitrogens is 2. The molecule has 1 aromatic rings. The predicted octanol–water partition coefficient (Wildman–Crippen LogP) is 2.47. The molecule has 106 valence electrons. The predicted molar refractivity (Wildman–Crippen MR) is 77.4 cm³/mol. The number of hydrogen-bond donors (Lipinski definition) is 0. The number of Topliss-reactive ketones (excluding diaryl/α,β-unsaturated/α-hetero) is 1. The van der Waals surface area contributed by atoms with Gasteiger partial charge in [-0.05, 0) is 46.1 Å². The summed E-state index contributed by atoms with van der Waals surface area (Å²) >= 11 is 1.53. The molecule has 0 saturated carbocycles. The van der Waals surface area contributed by atoms with Crippen molar-refractivity contribution in [2.24, 2.45) is 5.92 Å². The zero-order valence-corrected chi connectivity index (χ0v) is 12.9. The molecule has 19 heavy (non-hydrogen) atoms. The fourth-order valence-electron chi connectivity index (χ4n) is 2.70. The minimum absolute atomic E-state index is 0.312. The second-order valence-electron chi connectivity index (χ2n) is 5.73. The molecule has 0 N–H and O–H groups in total. The minimum Gasteiger partial charge on any atom is -0.301 e. The van der Waals surface area contributed by atoms with Gasteiger partial charge in [0.05, 0.1) is 6.42 Å². The number of aryl methyl sites for hydroxylation is 1. The molecule has 1 aliphatic heterocycles. The van der Waals surface area contributed by atoms with E-state index in [9.17, 15) is 4.79 Å². The summed E-state index contributed by atoms with van der Waals surface area (Å²) in [6, 6.07) is 0.587. The number of ketones is 1. The molecule has 0 aromatic carbocycles. The Kier molecular flexibility index (Phi) is 5.05. The van der Waals surface area contributed by atoms with Crippen LogP contribution in [0, 0.1) is 12.8 Å². The average Bonchev–Trinajstić information content (AvgIpc) is 2.74. The van der Waals surface area contributed by atoms with Gasteiger partial charge in [0.2, 0.25) is 0 Å². The first-order valence-electron chi connectivity index (χ1n) is 7.09. The van der Waals surface area contributed by atoms with Crippen LogP contribution < -0.4 is 0 Å². The number of hydrogen-bond acceptors (Lipinski definition) is 5. The molecule has 0 spiro atoms. The molecule has 1 saturated heterocycles. The Labute approximate surface area is 119 Å². The van der Waals surface area contributed by atoms with Crippen LogP contribution in [0.2, 0.25) is 0 Å². The zero-order chi connectivity index (χ0) is 13.8. The number of piperidine rings is 1. The van der Waals surface area contributed by atoms with E-state index >= 15 is 0 Å². The summed E-state index contributed by atoms with van der Waals surface area (Å²) in [5.41, 5.74) is 0. The van der Waals surface area contributed by atoms with Gasteiger partial charge >= 0.3 is 0 Å². The summed E-state index contributed by atoms with van der Waals surface area (Å²) < 4.78 is 0. The van der Waals surface area contributed by atoms with Crippen LogP contribution >= 0.6 is 11.3 Å². The van der Waals surface area contributed by atoms with Crippen molar-refractivity contribution >= 4 is 17.1 Å². The van der Waals surface area contributed by atoms with Gasteiger partial charge in [0, 0.05) is 19.0 Å². The zero-order valence-electron chi connectivity index (χ0n) is 12.1. The lowest BCUT2D eigenvalue weighted by Crippen LogP contribution is -2.40. The van der Waals surface area contributed by atoms with Crippen LogP contribution in [0.4, 0.5) is 0 Å². The molecule has 5 heteroatoms. The highest BCUT2D eigenvalue weighted by Crippen LogP contribution is 2.22. The average molecular weight is 281 g/mol. The van der Waals surface area contributed by atoms with E-state index in [0.29, 0.717) is 30.6 Å². The summed E-state index contributed by atoms with van der Waals surface area (Å²) in [5.74, 6) is 0.837. The van der Waals surface area contributed by atoms with E-state index in [1.165, 1.54) is 30.7 Å². The molecule has 1 aromatic heterocycles. The molecule has 0 bridgehead atoms. The maximum Gasteiger partial charge on any atom is 0.140 e. The van der Waals surface area contributed by atoms with Crippen LogP contribution in [0.3, 0.4) is 0 Å². The smallest absolute Gasteiger partial charge is 0.140 e. The lowest BCUT2D eigenvalue weighted by molar-refractivity contribution is -0.119. The van der Waals surface area contributed by atoms with Crippen LogP contribution in [0.5, 0.6) is 0 Å².